The monoisotopic (exact) mass is 352 g/mol. The topological polar surface area (TPSA) is 63.3 Å². The summed E-state index contributed by atoms with van der Waals surface area (Å²) in [6.07, 6.45) is 5.84. The molecule has 0 spiro atoms. The Morgan fingerprint density at radius 3 is 2.96 bits per heavy atom. The highest BCUT2D eigenvalue weighted by Gasteiger charge is 2.29. The lowest BCUT2D eigenvalue weighted by molar-refractivity contribution is 0.186. The summed E-state index contributed by atoms with van der Waals surface area (Å²) in [4.78, 5) is 18.9. The predicted molar refractivity (Wildman–Crippen MR) is 99.9 cm³/mol. The number of nitrogens with zero attached hydrogens (tertiary/aromatic N) is 3. The van der Waals surface area contributed by atoms with Gasteiger partial charge in [-0.05, 0) is 32.8 Å². The third kappa shape index (κ3) is 3.07. The largest absolute Gasteiger partial charge is 0.459 e. The van der Waals surface area contributed by atoms with Gasteiger partial charge in [0, 0.05) is 36.4 Å². The SMILES string of the molecule is Cc1c(CNC(=O)N2CCCC2Cn2ccnc2C)oc2ccccc12. The van der Waals surface area contributed by atoms with E-state index in [1.165, 1.54) is 0 Å². The number of aromatic nitrogens is 2. The molecule has 4 rings (SSSR count). The van der Waals surface area contributed by atoms with Gasteiger partial charge in [-0.1, -0.05) is 18.2 Å². The molecule has 1 unspecified atom stereocenters. The van der Waals surface area contributed by atoms with Gasteiger partial charge in [-0.3, -0.25) is 0 Å². The second kappa shape index (κ2) is 6.86. The minimum absolute atomic E-state index is 0.0230. The van der Waals surface area contributed by atoms with Gasteiger partial charge in [0.25, 0.3) is 0 Å². The van der Waals surface area contributed by atoms with E-state index in [4.69, 9.17) is 4.42 Å². The summed E-state index contributed by atoms with van der Waals surface area (Å²) in [6.45, 7) is 6.02. The Morgan fingerprint density at radius 1 is 1.35 bits per heavy atom. The predicted octanol–water partition coefficient (Wildman–Crippen LogP) is 3.62. The van der Waals surface area contributed by atoms with Crippen molar-refractivity contribution in [1.29, 1.82) is 0 Å². The first kappa shape index (κ1) is 16.7. The Kier molecular flexibility index (Phi) is 4.41. The van der Waals surface area contributed by atoms with Crippen LogP contribution in [0.25, 0.3) is 11.0 Å². The fraction of sp³-hybridized carbons (Fsp3) is 0.400. The maximum absolute atomic E-state index is 12.7. The molecule has 1 aliphatic heterocycles. The van der Waals surface area contributed by atoms with E-state index in [9.17, 15) is 4.79 Å². The molecule has 2 amide bonds. The summed E-state index contributed by atoms with van der Waals surface area (Å²) >= 11 is 0. The zero-order chi connectivity index (χ0) is 18.1. The van der Waals surface area contributed by atoms with Crippen LogP contribution >= 0.6 is 0 Å². The van der Waals surface area contributed by atoms with Crippen molar-refractivity contribution >= 4 is 17.0 Å². The summed E-state index contributed by atoms with van der Waals surface area (Å²) in [5.74, 6) is 1.80. The number of furan rings is 1. The quantitative estimate of drug-likeness (QED) is 0.780. The molecular formula is C20H24N4O2. The molecule has 0 radical (unpaired) electrons. The first-order valence-electron chi connectivity index (χ1n) is 9.12. The normalized spacial score (nSPS) is 17.2. The third-order valence-electron chi connectivity index (χ3n) is 5.31. The number of aryl methyl sites for hydroxylation is 2. The molecule has 1 aromatic carbocycles. The molecule has 0 saturated carbocycles. The van der Waals surface area contributed by atoms with Crippen molar-refractivity contribution in [3.63, 3.8) is 0 Å². The number of benzene rings is 1. The Bertz CT molecular complexity index is 927. The number of carbonyl (C=O) groups is 1. The van der Waals surface area contributed by atoms with Gasteiger partial charge in [0.2, 0.25) is 0 Å². The molecule has 0 bridgehead atoms. The van der Waals surface area contributed by atoms with Gasteiger partial charge in [-0.15, -0.1) is 0 Å². The smallest absolute Gasteiger partial charge is 0.318 e. The molecule has 6 heteroatoms. The number of amides is 2. The lowest BCUT2D eigenvalue weighted by Crippen LogP contribution is -2.44. The molecule has 1 saturated heterocycles. The van der Waals surface area contributed by atoms with Crippen LogP contribution in [0.2, 0.25) is 0 Å². The van der Waals surface area contributed by atoms with Gasteiger partial charge in [-0.25, -0.2) is 9.78 Å². The molecule has 136 valence electrons. The van der Waals surface area contributed by atoms with Crippen molar-refractivity contribution in [2.24, 2.45) is 0 Å². The van der Waals surface area contributed by atoms with E-state index in [-0.39, 0.29) is 12.1 Å². The van der Waals surface area contributed by atoms with Gasteiger partial charge >= 0.3 is 6.03 Å². The van der Waals surface area contributed by atoms with E-state index in [2.05, 4.69) is 14.9 Å². The van der Waals surface area contributed by atoms with E-state index in [1.54, 1.807) is 6.20 Å². The fourth-order valence-electron chi connectivity index (χ4n) is 3.77. The Labute approximate surface area is 152 Å². The number of hydrogen-bond acceptors (Lipinski definition) is 3. The number of carbonyl (C=O) groups excluding carboxylic acids is 1. The molecule has 26 heavy (non-hydrogen) atoms. The zero-order valence-corrected chi connectivity index (χ0v) is 15.2. The Balaban J connectivity index is 1.42. The van der Waals surface area contributed by atoms with Crippen LogP contribution in [-0.2, 0) is 13.1 Å². The van der Waals surface area contributed by atoms with Crippen molar-refractivity contribution in [2.45, 2.75) is 45.8 Å². The van der Waals surface area contributed by atoms with Gasteiger partial charge in [0.1, 0.15) is 17.2 Å². The fourth-order valence-corrected chi connectivity index (χ4v) is 3.77. The molecule has 2 aromatic heterocycles. The number of fused-ring (bicyclic) bond motifs is 1. The highest BCUT2D eigenvalue weighted by atomic mass is 16.3. The van der Waals surface area contributed by atoms with Crippen LogP contribution in [0.4, 0.5) is 4.79 Å². The van der Waals surface area contributed by atoms with Crippen LogP contribution in [0.5, 0.6) is 0 Å². The number of urea groups is 1. The van der Waals surface area contributed by atoms with E-state index in [0.29, 0.717) is 6.54 Å². The van der Waals surface area contributed by atoms with Crippen molar-refractivity contribution in [3.8, 4) is 0 Å². The standard InChI is InChI=1S/C20H24N4O2/c1-14-17-7-3-4-8-18(17)26-19(14)12-22-20(25)24-10-5-6-16(24)13-23-11-9-21-15(23)2/h3-4,7-9,11,16H,5-6,10,12-13H2,1-2H3,(H,22,25). The van der Waals surface area contributed by atoms with Gasteiger partial charge in [0.05, 0.1) is 12.6 Å². The van der Waals surface area contributed by atoms with Crippen LogP contribution in [0.3, 0.4) is 0 Å². The summed E-state index contributed by atoms with van der Waals surface area (Å²) in [6, 6.07) is 8.15. The average Bonchev–Trinajstić information content (AvgIpc) is 3.34. The molecule has 1 N–H and O–H groups in total. The number of nitrogens with one attached hydrogen (secondary N) is 1. The van der Waals surface area contributed by atoms with E-state index in [1.807, 2.05) is 49.2 Å². The van der Waals surface area contributed by atoms with Crippen LogP contribution in [0.1, 0.15) is 30.0 Å². The average molecular weight is 352 g/mol. The molecule has 6 nitrogen and oxygen atoms in total. The first-order valence-corrected chi connectivity index (χ1v) is 9.12. The summed E-state index contributed by atoms with van der Waals surface area (Å²) < 4.78 is 8.00. The Morgan fingerprint density at radius 2 is 2.19 bits per heavy atom. The second-order valence-corrected chi connectivity index (χ2v) is 6.92. The minimum atomic E-state index is -0.0230. The van der Waals surface area contributed by atoms with Crippen molar-refractivity contribution < 1.29 is 9.21 Å². The molecule has 3 heterocycles. The lowest BCUT2D eigenvalue weighted by Gasteiger charge is -2.25. The lowest BCUT2D eigenvalue weighted by atomic mass is 10.1. The Hall–Kier alpha value is -2.76. The number of likely N-dealkylation sites (tertiary alicyclic amines) is 1. The van der Waals surface area contributed by atoms with Crippen LogP contribution in [-0.4, -0.2) is 33.1 Å². The van der Waals surface area contributed by atoms with Crippen molar-refractivity contribution in [3.05, 3.63) is 53.8 Å². The van der Waals surface area contributed by atoms with Crippen LogP contribution in [0.15, 0.2) is 41.1 Å². The maximum Gasteiger partial charge on any atom is 0.318 e. The molecule has 1 aliphatic rings. The number of rotatable bonds is 4. The summed E-state index contributed by atoms with van der Waals surface area (Å²) in [7, 11) is 0. The van der Waals surface area contributed by atoms with Crippen LogP contribution < -0.4 is 5.32 Å². The molecule has 1 fully saturated rings. The minimum Gasteiger partial charge on any atom is -0.459 e. The highest BCUT2D eigenvalue weighted by Crippen LogP contribution is 2.25. The van der Waals surface area contributed by atoms with E-state index in [0.717, 1.165) is 54.0 Å². The van der Waals surface area contributed by atoms with Crippen LogP contribution in [0, 0.1) is 13.8 Å². The van der Waals surface area contributed by atoms with Gasteiger partial charge < -0.3 is 19.2 Å². The van der Waals surface area contributed by atoms with Crippen molar-refractivity contribution in [2.75, 3.05) is 6.54 Å². The summed E-state index contributed by atoms with van der Waals surface area (Å²) in [5.41, 5.74) is 1.96. The maximum atomic E-state index is 12.7. The van der Waals surface area contributed by atoms with Gasteiger partial charge in [0.15, 0.2) is 0 Å². The first-order chi connectivity index (χ1) is 12.6. The molecule has 1 atom stereocenters. The number of para-hydroxylation sites is 1. The zero-order valence-electron chi connectivity index (χ0n) is 15.2. The second-order valence-electron chi connectivity index (χ2n) is 6.92. The highest BCUT2D eigenvalue weighted by molar-refractivity contribution is 5.82. The van der Waals surface area contributed by atoms with E-state index >= 15 is 0 Å². The molecule has 0 aliphatic carbocycles. The third-order valence-corrected chi connectivity index (χ3v) is 5.31. The number of imidazole rings is 1. The van der Waals surface area contributed by atoms with Crippen molar-refractivity contribution in [1.82, 2.24) is 19.8 Å². The summed E-state index contributed by atoms with van der Waals surface area (Å²) in [5, 5.41) is 4.14. The van der Waals surface area contributed by atoms with Gasteiger partial charge in [-0.2, -0.15) is 0 Å². The molecular weight excluding hydrogens is 328 g/mol. The number of hydrogen-bond donors (Lipinski definition) is 1. The molecule has 3 aromatic rings. The van der Waals surface area contributed by atoms with E-state index < -0.39 is 0 Å².